The van der Waals surface area contributed by atoms with Crippen LogP contribution in [0.2, 0.25) is 0 Å². The van der Waals surface area contributed by atoms with E-state index in [9.17, 15) is 4.79 Å². The van der Waals surface area contributed by atoms with Gasteiger partial charge in [0.1, 0.15) is 11.6 Å². The standard InChI is InChI=1S/C16H18N4O2/c1-22-11-13-10-15(20-8-4-14(21)5-9-20)19-16(18-13)12-2-6-17-7-3-12/h2-3,6-7,10H,4-5,8-9,11H2,1H3. The van der Waals surface area contributed by atoms with E-state index >= 15 is 0 Å². The number of rotatable bonds is 4. The highest BCUT2D eigenvalue weighted by atomic mass is 16.5. The van der Waals surface area contributed by atoms with E-state index in [2.05, 4.69) is 19.9 Å². The van der Waals surface area contributed by atoms with Crippen LogP contribution in [0.25, 0.3) is 11.4 Å². The molecule has 1 fully saturated rings. The molecule has 114 valence electrons. The summed E-state index contributed by atoms with van der Waals surface area (Å²) < 4.78 is 5.20. The Hall–Kier alpha value is -2.34. The van der Waals surface area contributed by atoms with Gasteiger partial charge in [-0.25, -0.2) is 9.97 Å². The van der Waals surface area contributed by atoms with Gasteiger partial charge in [-0.15, -0.1) is 0 Å². The zero-order chi connectivity index (χ0) is 15.4. The van der Waals surface area contributed by atoms with Gasteiger partial charge in [0, 0.05) is 57.1 Å². The van der Waals surface area contributed by atoms with E-state index in [4.69, 9.17) is 4.74 Å². The first-order chi connectivity index (χ1) is 10.8. The van der Waals surface area contributed by atoms with Gasteiger partial charge < -0.3 is 9.64 Å². The van der Waals surface area contributed by atoms with E-state index < -0.39 is 0 Å². The largest absolute Gasteiger partial charge is 0.378 e. The van der Waals surface area contributed by atoms with Crippen LogP contribution in [0.15, 0.2) is 30.6 Å². The van der Waals surface area contributed by atoms with Gasteiger partial charge in [0.25, 0.3) is 0 Å². The lowest BCUT2D eigenvalue weighted by Gasteiger charge is -2.27. The van der Waals surface area contributed by atoms with E-state index in [1.807, 2.05) is 18.2 Å². The molecule has 2 aromatic heterocycles. The Labute approximate surface area is 129 Å². The lowest BCUT2D eigenvalue weighted by Crippen LogP contribution is -2.34. The molecular formula is C16H18N4O2. The van der Waals surface area contributed by atoms with E-state index in [1.165, 1.54) is 0 Å². The number of Topliss-reactive ketones (excluding diaryl/α,β-unsaturated/α-hetero) is 1. The van der Waals surface area contributed by atoms with Crippen LogP contribution in [0.5, 0.6) is 0 Å². The Kier molecular flexibility index (Phi) is 4.39. The lowest BCUT2D eigenvalue weighted by molar-refractivity contribution is -0.119. The summed E-state index contributed by atoms with van der Waals surface area (Å²) in [5.41, 5.74) is 1.75. The third-order valence-electron chi connectivity index (χ3n) is 3.64. The molecule has 2 aromatic rings. The topological polar surface area (TPSA) is 68.2 Å². The van der Waals surface area contributed by atoms with Crippen molar-refractivity contribution < 1.29 is 9.53 Å². The first-order valence-corrected chi connectivity index (χ1v) is 7.30. The first kappa shape index (κ1) is 14.6. The maximum absolute atomic E-state index is 11.4. The minimum atomic E-state index is 0.316. The van der Waals surface area contributed by atoms with Gasteiger partial charge in [0.2, 0.25) is 0 Å². The third kappa shape index (κ3) is 3.28. The predicted molar refractivity (Wildman–Crippen MR) is 82.4 cm³/mol. The van der Waals surface area contributed by atoms with Gasteiger partial charge in [-0.05, 0) is 12.1 Å². The summed E-state index contributed by atoms with van der Waals surface area (Å²) in [6, 6.07) is 5.70. The van der Waals surface area contributed by atoms with Crippen LogP contribution < -0.4 is 4.90 Å². The summed E-state index contributed by atoms with van der Waals surface area (Å²) >= 11 is 0. The highest BCUT2D eigenvalue weighted by molar-refractivity contribution is 5.80. The van der Waals surface area contributed by atoms with E-state index in [0.717, 1.165) is 17.1 Å². The van der Waals surface area contributed by atoms with Crippen LogP contribution in [0, 0.1) is 0 Å². The monoisotopic (exact) mass is 298 g/mol. The number of carbonyl (C=O) groups is 1. The molecule has 22 heavy (non-hydrogen) atoms. The van der Waals surface area contributed by atoms with Crippen LogP contribution in [0.3, 0.4) is 0 Å². The van der Waals surface area contributed by atoms with Crippen LogP contribution in [-0.4, -0.2) is 40.9 Å². The summed E-state index contributed by atoms with van der Waals surface area (Å²) in [7, 11) is 1.65. The van der Waals surface area contributed by atoms with Crippen LogP contribution in [0.4, 0.5) is 5.82 Å². The fourth-order valence-electron chi connectivity index (χ4n) is 2.48. The van der Waals surface area contributed by atoms with Gasteiger partial charge in [-0.3, -0.25) is 9.78 Å². The summed E-state index contributed by atoms with van der Waals surface area (Å²) in [6.45, 7) is 1.84. The molecule has 0 bridgehead atoms. The predicted octanol–water partition coefficient (Wildman–Crippen LogP) is 1.85. The first-order valence-electron chi connectivity index (χ1n) is 7.30. The number of carbonyl (C=O) groups excluding carboxylic acids is 1. The van der Waals surface area contributed by atoms with Gasteiger partial charge >= 0.3 is 0 Å². The molecule has 6 nitrogen and oxygen atoms in total. The Morgan fingerprint density at radius 2 is 1.91 bits per heavy atom. The average Bonchev–Trinajstić information content (AvgIpc) is 2.56. The lowest BCUT2D eigenvalue weighted by atomic mass is 10.1. The minimum absolute atomic E-state index is 0.316. The number of anilines is 1. The molecule has 1 aliphatic rings. The second kappa shape index (κ2) is 6.62. The van der Waals surface area contributed by atoms with Gasteiger partial charge in [0.15, 0.2) is 5.82 Å². The molecule has 0 amide bonds. The van der Waals surface area contributed by atoms with Crippen molar-refractivity contribution in [2.24, 2.45) is 0 Å². The quantitative estimate of drug-likeness (QED) is 0.858. The van der Waals surface area contributed by atoms with Crippen molar-refractivity contribution in [2.45, 2.75) is 19.4 Å². The number of hydrogen-bond acceptors (Lipinski definition) is 6. The molecule has 3 heterocycles. The molecule has 1 aliphatic heterocycles. The average molecular weight is 298 g/mol. The Balaban J connectivity index is 1.95. The number of ketones is 1. The minimum Gasteiger partial charge on any atom is -0.378 e. The highest BCUT2D eigenvalue weighted by Gasteiger charge is 2.19. The van der Waals surface area contributed by atoms with Crippen LogP contribution >= 0.6 is 0 Å². The number of hydrogen-bond donors (Lipinski definition) is 0. The van der Waals surface area contributed by atoms with Crippen molar-refractivity contribution in [1.29, 1.82) is 0 Å². The normalized spacial score (nSPS) is 15.1. The zero-order valence-electron chi connectivity index (χ0n) is 12.5. The van der Waals surface area contributed by atoms with Crippen molar-refractivity contribution in [3.63, 3.8) is 0 Å². The van der Waals surface area contributed by atoms with Crippen LogP contribution in [-0.2, 0) is 16.1 Å². The molecule has 0 aromatic carbocycles. The number of aromatic nitrogens is 3. The molecule has 0 unspecified atom stereocenters. The molecule has 0 radical (unpaired) electrons. The second-order valence-electron chi connectivity index (χ2n) is 5.24. The summed E-state index contributed by atoms with van der Waals surface area (Å²) in [5.74, 6) is 1.82. The van der Waals surface area contributed by atoms with Crippen molar-refractivity contribution in [1.82, 2.24) is 15.0 Å². The molecule has 6 heteroatoms. The molecule has 0 aliphatic carbocycles. The van der Waals surface area contributed by atoms with Gasteiger partial charge in [0.05, 0.1) is 12.3 Å². The fourth-order valence-corrected chi connectivity index (χ4v) is 2.48. The van der Waals surface area contributed by atoms with Crippen molar-refractivity contribution in [3.05, 3.63) is 36.3 Å². The molecule has 0 saturated carbocycles. The molecular weight excluding hydrogens is 280 g/mol. The maximum atomic E-state index is 11.4. The smallest absolute Gasteiger partial charge is 0.161 e. The molecule has 1 saturated heterocycles. The Morgan fingerprint density at radius 1 is 1.18 bits per heavy atom. The Bertz CT molecular complexity index is 650. The molecule has 0 N–H and O–H groups in total. The second-order valence-corrected chi connectivity index (χ2v) is 5.24. The third-order valence-corrected chi connectivity index (χ3v) is 3.64. The molecule has 0 atom stereocenters. The summed E-state index contributed by atoms with van der Waals surface area (Å²) in [5, 5.41) is 0. The maximum Gasteiger partial charge on any atom is 0.161 e. The van der Waals surface area contributed by atoms with Crippen molar-refractivity contribution in [3.8, 4) is 11.4 Å². The van der Waals surface area contributed by atoms with Gasteiger partial charge in [-0.1, -0.05) is 0 Å². The van der Waals surface area contributed by atoms with Gasteiger partial charge in [-0.2, -0.15) is 0 Å². The number of pyridine rings is 1. The van der Waals surface area contributed by atoms with Crippen LogP contribution in [0.1, 0.15) is 18.5 Å². The van der Waals surface area contributed by atoms with Crippen molar-refractivity contribution >= 4 is 11.6 Å². The number of nitrogens with zero attached hydrogens (tertiary/aromatic N) is 4. The van der Waals surface area contributed by atoms with E-state index in [-0.39, 0.29) is 0 Å². The summed E-state index contributed by atoms with van der Waals surface area (Å²) in [6.07, 6.45) is 4.60. The highest BCUT2D eigenvalue weighted by Crippen LogP contribution is 2.22. The number of ether oxygens (including phenoxy) is 1. The number of piperidine rings is 1. The number of methoxy groups -OCH3 is 1. The van der Waals surface area contributed by atoms with E-state index in [1.54, 1.807) is 19.5 Å². The SMILES string of the molecule is COCc1cc(N2CCC(=O)CC2)nc(-c2ccncc2)n1. The molecule has 3 rings (SSSR count). The van der Waals surface area contributed by atoms with E-state index in [0.29, 0.717) is 44.1 Å². The zero-order valence-corrected chi connectivity index (χ0v) is 12.5. The summed E-state index contributed by atoms with van der Waals surface area (Å²) in [4.78, 5) is 26.8. The van der Waals surface area contributed by atoms with Crippen molar-refractivity contribution in [2.75, 3.05) is 25.1 Å². The fraction of sp³-hybridized carbons (Fsp3) is 0.375. The molecule has 0 spiro atoms. The Morgan fingerprint density at radius 3 is 2.59 bits per heavy atom.